The van der Waals surface area contributed by atoms with Crippen LogP contribution in [0.4, 0.5) is 0 Å². The Labute approximate surface area is 142 Å². The van der Waals surface area contributed by atoms with Crippen LogP contribution in [0.3, 0.4) is 0 Å². The van der Waals surface area contributed by atoms with Gasteiger partial charge in [-0.3, -0.25) is 5.43 Å². The quantitative estimate of drug-likeness (QED) is 0.486. The summed E-state index contributed by atoms with van der Waals surface area (Å²) in [6.45, 7) is 2.70. The molecule has 23 heavy (non-hydrogen) atoms. The van der Waals surface area contributed by atoms with Gasteiger partial charge in [-0.15, -0.1) is 0 Å². The maximum atomic E-state index is 5.23. The third kappa shape index (κ3) is 5.71. The molecular weight excluding hydrogens is 306 g/mol. The number of hydrogen-bond donors (Lipinski definition) is 2. The predicted octanol–water partition coefficient (Wildman–Crippen LogP) is 3.13. The smallest absolute Gasteiger partial charge is 0.186 e. The summed E-state index contributed by atoms with van der Waals surface area (Å²) in [4.78, 5) is 0. The Kier molecular flexibility index (Phi) is 6.56. The first-order chi connectivity index (χ1) is 11.2. The van der Waals surface area contributed by atoms with Crippen molar-refractivity contribution in [2.45, 2.75) is 13.3 Å². The maximum Gasteiger partial charge on any atom is 0.186 e. The zero-order valence-electron chi connectivity index (χ0n) is 13.4. The highest BCUT2D eigenvalue weighted by Gasteiger charge is 1.99. The minimum atomic E-state index is 0.522. The summed E-state index contributed by atoms with van der Waals surface area (Å²) in [5, 5.41) is 7.97. The van der Waals surface area contributed by atoms with Crippen molar-refractivity contribution in [3.05, 3.63) is 65.7 Å². The van der Waals surface area contributed by atoms with Crippen LogP contribution in [0, 0.1) is 0 Å². The van der Waals surface area contributed by atoms with Crippen molar-refractivity contribution in [1.82, 2.24) is 10.7 Å². The van der Waals surface area contributed by atoms with E-state index in [2.05, 4.69) is 28.0 Å². The summed E-state index contributed by atoms with van der Waals surface area (Å²) in [7, 11) is 1.65. The van der Waals surface area contributed by atoms with Gasteiger partial charge in [-0.25, -0.2) is 0 Å². The monoisotopic (exact) mass is 327 g/mol. The van der Waals surface area contributed by atoms with E-state index in [1.54, 1.807) is 7.11 Å². The Bertz CT molecular complexity index is 654. The van der Waals surface area contributed by atoms with Crippen LogP contribution in [0.15, 0.2) is 59.7 Å². The lowest BCUT2D eigenvalue weighted by atomic mass is 10.1. The van der Waals surface area contributed by atoms with Gasteiger partial charge in [0.25, 0.3) is 0 Å². The van der Waals surface area contributed by atoms with Crippen LogP contribution in [0.1, 0.15) is 18.1 Å². The molecule has 0 aromatic heterocycles. The van der Waals surface area contributed by atoms with Gasteiger partial charge in [0.05, 0.1) is 12.8 Å². The number of rotatable bonds is 6. The van der Waals surface area contributed by atoms with Crippen molar-refractivity contribution in [3.8, 4) is 5.75 Å². The highest BCUT2D eigenvalue weighted by atomic mass is 32.1. The first-order valence-corrected chi connectivity index (χ1v) is 7.86. The summed E-state index contributed by atoms with van der Waals surface area (Å²) < 4.78 is 5.14. The lowest BCUT2D eigenvalue weighted by Gasteiger charge is -2.08. The number of nitrogens with zero attached hydrogens (tertiary/aromatic N) is 1. The molecule has 0 spiro atoms. The third-order valence-electron chi connectivity index (χ3n) is 3.38. The fourth-order valence-corrected chi connectivity index (χ4v) is 2.18. The predicted molar refractivity (Wildman–Crippen MR) is 99.1 cm³/mol. The molecule has 0 saturated heterocycles. The molecule has 0 saturated carbocycles. The number of ether oxygens (including phenoxy) is 1. The van der Waals surface area contributed by atoms with Gasteiger partial charge in [0, 0.05) is 6.54 Å². The highest BCUT2D eigenvalue weighted by Crippen LogP contribution is 2.11. The Hall–Kier alpha value is -2.40. The molecule has 0 amide bonds. The molecule has 2 rings (SSSR count). The van der Waals surface area contributed by atoms with Crippen molar-refractivity contribution in [1.29, 1.82) is 0 Å². The molecule has 2 aromatic carbocycles. The van der Waals surface area contributed by atoms with E-state index in [9.17, 15) is 0 Å². The summed E-state index contributed by atoms with van der Waals surface area (Å²) in [5.74, 6) is 0.826. The summed E-state index contributed by atoms with van der Waals surface area (Å²) in [6, 6.07) is 18.0. The fraction of sp³-hybridized carbons (Fsp3) is 0.222. The van der Waals surface area contributed by atoms with Gasteiger partial charge >= 0.3 is 0 Å². The van der Waals surface area contributed by atoms with Crippen molar-refractivity contribution in [2.24, 2.45) is 5.10 Å². The Balaban J connectivity index is 1.77. The van der Waals surface area contributed by atoms with E-state index in [0.717, 1.165) is 30.0 Å². The Morgan fingerprint density at radius 3 is 2.43 bits per heavy atom. The van der Waals surface area contributed by atoms with Gasteiger partial charge in [-0.1, -0.05) is 30.3 Å². The number of hydrogen-bond acceptors (Lipinski definition) is 3. The second kappa shape index (κ2) is 8.90. The van der Waals surface area contributed by atoms with Crippen LogP contribution in [0.2, 0.25) is 0 Å². The third-order valence-corrected chi connectivity index (χ3v) is 3.61. The molecule has 4 nitrogen and oxygen atoms in total. The minimum Gasteiger partial charge on any atom is -0.497 e. The number of methoxy groups -OCH3 is 1. The van der Waals surface area contributed by atoms with E-state index in [4.69, 9.17) is 17.0 Å². The zero-order chi connectivity index (χ0) is 16.5. The highest BCUT2D eigenvalue weighted by molar-refractivity contribution is 7.80. The molecule has 0 aliphatic rings. The van der Waals surface area contributed by atoms with Gasteiger partial charge in [-0.05, 0) is 61.0 Å². The molecule has 0 aliphatic heterocycles. The van der Waals surface area contributed by atoms with Gasteiger partial charge in [0.15, 0.2) is 5.11 Å². The fourth-order valence-electron chi connectivity index (χ4n) is 2.04. The van der Waals surface area contributed by atoms with Crippen LogP contribution in [-0.4, -0.2) is 24.5 Å². The van der Waals surface area contributed by atoms with Gasteiger partial charge in [-0.2, -0.15) is 5.10 Å². The van der Waals surface area contributed by atoms with E-state index in [0.29, 0.717) is 5.11 Å². The molecule has 120 valence electrons. The van der Waals surface area contributed by atoms with Crippen molar-refractivity contribution >= 4 is 23.0 Å². The minimum absolute atomic E-state index is 0.522. The first-order valence-electron chi connectivity index (χ1n) is 7.45. The van der Waals surface area contributed by atoms with Gasteiger partial charge in [0.2, 0.25) is 0 Å². The number of thiocarbonyl (C=S) groups is 1. The zero-order valence-corrected chi connectivity index (χ0v) is 14.2. The molecule has 0 fully saturated rings. The Morgan fingerprint density at radius 2 is 1.78 bits per heavy atom. The van der Waals surface area contributed by atoms with E-state index in [1.807, 2.05) is 49.4 Å². The van der Waals surface area contributed by atoms with Crippen LogP contribution in [-0.2, 0) is 6.42 Å². The van der Waals surface area contributed by atoms with Crippen LogP contribution < -0.4 is 15.5 Å². The average molecular weight is 327 g/mol. The normalized spacial score (nSPS) is 11.0. The van der Waals surface area contributed by atoms with Crippen LogP contribution in [0.5, 0.6) is 5.75 Å². The van der Waals surface area contributed by atoms with Crippen LogP contribution >= 0.6 is 12.2 Å². The molecule has 2 N–H and O–H groups in total. The Morgan fingerprint density at radius 1 is 1.09 bits per heavy atom. The van der Waals surface area contributed by atoms with Crippen molar-refractivity contribution < 1.29 is 4.74 Å². The topological polar surface area (TPSA) is 45.6 Å². The molecule has 5 heteroatoms. The standard InChI is InChI=1S/C18H21N3OS/c1-14(16-8-10-17(22-2)11-9-16)20-21-18(23)19-13-12-15-6-4-3-5-7-15/h3-11H,12-13H2,1-2H3,(H2,19,21,23)/b20-14-. The molecule has 0 heterocycles. The number of nitrogens with one attached hydrogen (secondary N) is 2. The molecular formula is C18H21N3OS. The van der Waals surface area contributed by atoms with E-state index < -0.39 is 0 Å². The maximum absolute atomic E-state index is 5.23. The van der Waals surface area contributed by atoms with Crippen molar-refractivity contribution in [3.63, 3.8) is 0 Å². The van der Waals surface area contributed by atoms with E-state index >= 15 is 0 Å². The molecule has 2 aromatic rings. The van der Waals surface area contributed by atoms with Gasteiger partial charge < -0.3 is 10.1 Å². The second-order valence-electron chi connectivity index (χ2n) is 5.03. The molecule has 0 bridgehead atoms. The molecule has 0 aliphatic carbocycles. The van der Waals surface area contributed by atoms with Gasteiger partial charge in [0.1, 0.15) is 5.75 Å². The number of benzene rings is 2. The molecule has 0 atom stereocenters. The summed E-state index contributed by atoms with van der Waals surface area (Å²) in [6.07, 6.45) is 0.920. The number of hydrazone groups is 1. The molecule has 0 radical (unpaired) electrons. The van der Waals surface area contributed by atoms with Crippen molar-refractivity contribution in [2.75, 3.05) is 13.7 Å². The lowest BCUT2D eigenvalue weighted by molar-refractivity contribution is 0.415. The average Bonchev–Trinajstić information content (AvgIpc) is 2.60. The largest absolute Gasteiger partial charge is 0.497 e. The second-order valence-corrected chi connectivity index (χ2v) is 5.44. The van der Waals surface area contributed by atoms with E-state index in [-0.39, 0.29) is 0 Å². The first kappa shape index (κ1) is 17.0. The molecule has 0 unspecified atom stereocenters. The SMILES string of the molecule is COc1ccc(/C(C)=N\NC(=S)NCCc2ccccc2)cc1. The summed E-state index contributed by atoms with van der Waals surface area (Å²) in [5.41, 5.74) is 6.03. The van der Waals surface area contributed by atoms with E-state index in [1.165, 1.54) is 5.56 Å². The summed E-state index contributed by atoms with van der Waals surface area (Å²) >= 11 is 5.23. The van der Waals surface area contributed by atoms with Crippen LogP contribution in [0.25, 0.3) is 0 Å². The lowest BCUT2D eigenvalue weighted by Crippen LogP contribution is -2.33.